The first-order valence-corrected chi connectivity index (χ1v) is 11.4. The number of nitrogens with zero attached hydrogens (tertiary/aromatic N) is 7. The number of fused-ring (bicyclic) bond motifs is 1. The molecule has 0 aromatic carbocycles. The summed E-state index contributed by atoms with van der Waals surface area (Å²) in [5.74, 6) is 1.14. The molecule has 0 spiro atoms. The topological polar surface area (TPSA) is 88.8 Å². The Balaban J connectivity index is 1.23. The first-order valence-electron chi connectivity index (χ1n) is 10.5. The molecule has 9 nitrogen and oxygen atoms in total. The summed E-state index contributed by atoms with van der Waals surface area (Å²) in [4.78, 5) is 18.9. The number of aromatic nitrogens is 5. The zero-order chi connectivity index (χ0) is 20.3. The minimum atomic E-state index is 0.0411. The first kappa shape index (κ1) is 19.4. The smallest absolute Gasteiger partial charge is 0.226 e. The van der Waals surface area contributed by atoms with Gasteiger partial charge in [-0.3, -0.25) is 4.79 Å². The molecule has 0 bridgehead atoms. The van der Waals surface area contributed by atoms with Crippen molar-refractivity contribution >= 4 is 28.7 Å². The van der Waals surface area contributed by atoms with Crippen LogP contribution in [0.25, 0.3) is 5.65 Å². The monoisotopic (exact) mass is 427 g/mol. The number of hydrogen-bond donors (Lipinski definition) is 0. The van der Waals surface area contributed by atoms with Crippen molar-refractivity contribution in [2.24, 2.45) is 5.92 Å². The van der Waals surface area contributed by atoms with Crippen LogP contribution in [0.3, 0.4) is 0 Å². The van der Waals surface area contributed by atoms with Gasteiger partial charge in [-0.05, 0) is 59.7 Å². The van der Waals surface area contributed by atoms with Gasteiger partial charge in [0.1, 0.15) is 0 Å². The van der Waals surface area contributed by atoms with Gasteiger partial charge >= 0.3 is 0 Å². The molecule has 5 rings (SSSR count). The van der Waals surface area contributed by atoms with E-state index in [-0.39, 0.29) is 17.9 Å². The molecule has 30 heavy (non-hydrogen) atoms. The number of piperidine rings is 1. The fraction of sp³-hybridized carbons (Fsp3) is 0.550. The Morgan fingerprint density at radius 1 is 1.23 bits per heavy atom. The molecule has 0 N–H and O–H groups in total. The number of ether oxygens (including phenoxy) is 1. The molecule has 1 unspecified atom stereocenters. The van der Waals surface area contributed by atoms with Crippen molar-refractivity contribution in [3.8, 4) is 0 Å². The van der Waals surface area contributed by atoms with Crippen LogP contribution in [0.15, 0.2) is 29.6 Å². The van der Waals surface area contributed by atoms with Crippen LogP contribution in [0.4, 0.5) is 5.82 Å². The summed E-state index contributed by atoms with van der Waals surface area (Å²) in [5, 5.41) is 17.9. The van der Waals surface area contributed by atoms with Gasteiger partial charge in [0.25, 0.3) is 0 Å². The maximum absolute atomic E-state index is 13.4. The standard InChI is InChI=1S/C20H25N7O2S/c28-20(26(13-16-3-1-11-29-16)14-17-4-2-12-30-17)15-7-9-25(10-8-15)19-6-5-18-21-23-24-27(18)22-19/h2,4-6,12,15-16H,1,3,7-11,13-14H2. The summed E-state index contributed by atoms with van der Waals surface area (Å²) < 4.78 is 7.26. The van der Waals surface area contributed by atoms with Crippen LogP contribution in [-0.2, 0) is 16.1 Å². The number of carbonyl (C=O) groups excluding carboxylic acids is 1. The summed E-state index contributed by atoms with van der Waals surface area (Å²) in [7, 11) is 0. The molecular weight excluding hydrogens is 402 g/mol. The molecule has 3 aromatic rings. The highest BCUT2D eigenvalue weighted by atomic mass is 32.1. The molecule has 158 valence electrons. The summed E-state index contributed by atoms with van der Waals surface area (Å²) >= 11 is 1.70. The van der Waals surface area contributed by atoms with Crippen LogP contribution >= 0.6 is 11.3 Å². The van der Waals surface area contributed by atoms with Crippen LogP contribution in [0.5, 0.6) is 0 Å². The van der Waals surface area contributed by atoms with Crippen molar-refractivity contribution < 1.29 is 9.53 Å². The molecule has 2 aliphatic rings. The van der Waals surface area contributed by atoms with E-state index in [0.29, 0.717) is 18.7 Å². The molecule has 1 amide bonds. The highest BCUT2D eigenvalue weighted by molar-refractivity contribution is 7.09. The van der Waals surface area contributed by atoms with Crippen molar-refractivity contribution in [1.29, 1.82) is 0 Å². The minimum Gasteiger partial charge on any atom is -0.376 e. The van der Waals surface area contributed by atoms with Gasteiger partial charge in [-0.2, -0.15) is 0 Å². The number of thiophene rings is 1. The first-order chi connectivity index (χ1) is 14.8. The molecule has 3 aromatic heterocycles. The van der Waals surface area contributed by atoms with Gasteiger partial charge in [0.05, 0.1) is 12.6 Å². The second kappa shape index (κ2) is 8.65. The number of tetrazole rings is 1. The molecule has 0 aliphatic carbocycles. The third-order valence-corrected chi connectivity index (χ3v) is 6.77. The average Bonchev–Trinajstić information content (AvgIpc) is 3.55. The number of hydrogen-bond acceptors (Lipinski definition) is 8. The van der Waals surface area contributed by atoms with E-state index >= 15 is 0 Å². The summed E-state index contributed by atoms with van der Waals surface area (Å²) in [6.07, 6.45) is 3.93. The SMILES string of the molecule is O=C(C1CCN(c2ccc3nnnn3n2)CC1)N(Cc1cccs1)CC1CCCO1. The number of anilines is 1. The molecule has 5 heterocycles. The zero-order valence-electron chi connectivity index (χ0n) is 16.8. The number of carbonyl (C=O) groups is 1. The van der Waals surface area contributed by atoms with E-state index in [1.165, 1.54) is 9.51 Å². The average molecular weight is 428 g/mol. The second-order valence-electron chi connectivity index (χ2n) is 7.91. The van der Waals surface area contributed by atoms with Gasteiger partial charge in [0, 0.05) is 37.0 Å². The molecule has 2 saturated heterocycles. The van der Waals surface area contributed by atoms with Gasteiger partial charge in [0.15, 0.2) is 11.5 Å². The van der Waals surface area contributed by atoms with Crippen LogP contribution in [0.2, 0.25) is 0 Å². The van der Waals surface area contributed by atoms with Crippen molar-refractivity contribution in [2.45, 2.75) is 38.3 Å². The van der Waals surface area contributed by atoms with Crippen LogP contribution < -0.4 is 4.90 Å². The minimum absolute atomic E-state index is 0.0411. The Hall–Kier alpha value is -2.59. The molecule has 10 heteroatoms. The zero-order valence-corrected chi connectivity index (χ0v) is 17.6. The lowest BCUT2D eigenvalue weighted by atomic mass is 9.95. The number of rotatable bonds is 6. The van der Waals surface area contributed by atoms with Gasteiger partial charge in [-0.15, -0.1) is 26.2 Å². The predicted octanol–water partition coefficient (Wildman–Crippen LogP) is 2.00. The van der Waals surface area contributed by atoms with E-state index in [4.69, 9.17) is 4.74 Å². The molecule has 0 radical (unpaired) electrons. The molecule has 0 saturated carbocycles. The molecule has 2 aliphatic heterocycles. The quantitative estimate of drug-likeness (QED) is 0.594. The number of amides is 1. The van der Waals surface area contributed by atoms with Crippen LogP contribution in [-0.4, -0.2) is 68.4 Å². The van der Waals surface area contributed by atoms with Gasteiger partial charge < -0.3 is 14.5 Å². The predicted molar refractivity (Wildman–Crippen MR) is 112 cm³/mol. The highest BCUT2D eigenvalue weighted by Gasteiger charge is 2.31. The van der Waals surface area contributed by atoms with Crippen molar-refractivity contribution in [3.05, 3.63) is 34.5 Å². The summed E-state index contributed by atoms with van der Waals surface area (Å²) in [5.41, 5.74) is 0.627. The summed E-state index contributed by atoms with van der Waals surface area (Å²) in [6.45, 7) is 3.76. The maximum atomic E-state index is 13.4. The Morgan fingerprint density at radius 3 is 2.90 bits per heavy atom. The Bertz CT molecular complexity index is 978. The fourth-order valence-electron chi connectivity index (χ4n) is 4.28. The Kier molecular flexibility index (Phi) is 5.58. The molecule has 1 atom stereocenters. The third-order valence-electron chi connectivity index (χ3n) is 5.91. The van der Waals surface area contributed by atoms with Crippen LogP contribution in [0.1, 0.15) is 30.6 Å². The lowest BCUT2D eigenvalue weighted by Crippen LogP contribution is -2.44. The van der Waals surface area contributed by atoms with Crippen molar-refractivity contribution in [1.82, 2.24) is 30.2 Å². The van der Waals surface area contributed by atoms with Gasteiger partial charge in [-0.25, -0.2) is 0 Å². The lowest BCUT2D eigenvalue weighted by molar-refractivity contribution is -0.138. The van der Waals surface area contributed by atoms with Crippen LogP contribution in [0, 0.1) is 5.92 Å². The fourth-order valence-corrected chi connectivity index (χ4v) is 5.00. The van der Waals surface area contributed by atoms with E-state index in [9.17, 15) is 4.79 Å². The van der Waals surface area contributed by atoms with Gasteiger partial charge in [0.2, 0.25) is 5.91 Å². The van der Waals surface area contributed by atoms with E-state index in [1.807, 2.05) is 23.1 Å². The van der Waals surface area contributed by atoms with E-state index in [0.717, 1.165) is 51.2 Å². The highest BCUT2D eigenvalue weighted by Crippen LogP contribution is 2.26. The van der Waals surface area contributed by atoms with Crippen molar-refractivity contribution in [2.75, 3.05) is 31.1 Å². The van der Waals surface area contributed by atoms with E-state index < -0.39 is 0 Å². The molecular formula is C20H25N7O2S. The largest absolute Gasteiger partial charge is 0.376 e. The maximum Gasteiger partial charge on any atom is 0.226 e. The Labute approximate surface area is 178 Å². The summed E-state index contributed by atoms with van der Waals surface area (Å²) in [6, 6.07) is 7.95. The van der Waals surface area contributed by atoms with E-state index in [1.54, 1.807) is 11.3 Å². The van der Waals surface area contributed by atoms with Gasteiger partial charge in [-0.1, -0.05) is 6.07 Å². The normalized spacial score (nSPS) is 20.1. The van der Waals surface area contributed by atoms with E-state index in [2.05, 4.69) is 37.0 Å². The van der Waals surface area contributed by atoms with Crippen molar-refractivity contribution in [3.63, 3.8) is 0 Å². The Morgan fingerprint density at radius 2 is 2.13 bits per heavy atom. The lowest BCUT2D eigenvalue weighted by Gasteiger charge is -2.35. The third kappa shape index (κ3) is 4.15. The second-order valence-corrected chi connectivity index (χ2v) is 8.94. The molecule has 2 fully saturated rings.